The van der Waals surface area contributed by atoms with E-state index >= 15 is 0 Å². The van der Waals surface area contributed by atoms with Crippen LogP contribution in [0, 0.1) is 18.6 Å². The summed E-state index contributed by atoms with van der Waals surface area (Å²) < 4.78 is 31.7. The van der Waals surface area contributed by atoms with Gasteiger partial charge in [-0.2, -0.15) is 0 Å². The summed E-state index contributed by atoms with van der Waals surface area (Å²) in [5.74, 6) is 0.239. The van der Waals surface area contributed by atoms with E-state index < -0.39 is 11.6 Å². The normalized spacial score (nSPS) is 14.4. The number of nitrogens with zero attached hydrogens (tertiary/aromatic N) is 7. The van der Waals surface area contributed by atoms with Crippen LogP contribution in [-0.4, -0.2) is 60.5 Å². The third-order valence-electron chi connectivity index (χ3n) is 6.84. The fourth-order valence-corrected chi connectivity index (χ4v) is 4.94. The van der Waals surface area contributed by atoms with Gasteiger partial charge in [0, 0.05) is 56.2 Å². The molecule has 8 nitrogen and oxygen atoms in total. The van der Waals surface area contributed by atoms with E-state index in [0.717, 1.165) is 50.2 Å². The van der Waals surface area contributed by atoms with Gasteiger partial charge in [0.25, 0.3) is 0 Å². The number of aryl methyl sites for hydroxylation is 1. The molecule has 1 aliphatic heterocycles. The van der Waals surface area contributed by atoms with Crippen LogP contribution in [0.1, 0.15) is 38.2 Å². The smallest absolute Gasteiger partial charge is 0.229 e. The van der Waals surface area contributed by atoms with E-state index in [1.807, 2.05) is 50.6 Å². The van der Waals surface area contributed by atoms with E-state index in [2.05, 4.69) is 41.6 Å². The Morgan fingerprint density at radius 2 is 1.79 bits per heavy atom. The van der Waals surface area contributed by atoms with E-state index in [1.165, 1.54) is 6.07 Å². The Bertz CT molecular complexity index is 1470. The van der Waals surface area contributed by atoms with Gasteiger partial charge in [0.05, 0.1) is 11.7 Å². The second-order valence-electron chi connectivity index (χ2n) is 10.0. The molecule has 1 aromatic carbocycles. The predicted molar refractivity (Wildman–Crippen MR) is 145 cm³/mol. The Kier molecular flexibility index (Phi) is 7.07. The summed E-state index contributed by atoms with van der Waals surface area (Å²) in [7, 11) is 0. The molecule has 0 atom stereocenters. The van der Waals surface area contributed by atoms with Crippen molar-refractivity contribution >= 4 is 22.8 Å². The first-order valence-electron chi connectivity index (χ1n) is 12.8. The van der Waals surface area contributed by atoms with Gasteiger partial charge in [-0.3, -0.25) is 4.90 Å². The van der Waals surface area contributed by atoms with Crippen LogP contribution in [0.5, 0.6) is 0 Å². The third-order valence-corrected chi connectivity index (χ3v) is 6.84. The van der Waals surface area contributed by atoms with Crippen molar-refractivity contribution in [3.05, 3.63) is 72.0 Å². The van der Waals surface area contributed by atoms with Crippen molar-refractivity contribution in [1.29, 1.82) is 0 Å². The van der Waals surface area contributed by atoms with Gasteiger partial charge in [0.1, 0.15) is 22.9 Å². The summed E-state index contributed by atoms with van der Waals surface area (Å²) in [4.78, 5) is 21.9. The fourth-order valence-electron chi connectivity index (χ4n) is 4.94. The largest absolute Gasteiger partial charge is 0.373 e. The van der Waals surface area contributed by atoms with E-state index in [4.69, 9.17) is 0 Å². The Labute approximate surface area is 221 Å². The number of anilines is 2. The topological polar surface area (TPSA) is 75.0 Å². The average Bonchev–Trinajstić information content (AvgIpc) is 3.23. The van der Waals surface area contributed by atoms with Crippen LogP contribution in [0.15, 0.2) is 48.9 Å². The Balaban J connectivity index is 1.33. The molecule has 10 heteroatoms. The van der Waals surface area contributed by atoms with Crippen LogP contribution >= 0.6 is 0 Å². The van der Waals surface area contributed by atoms with Crippen molar-refractivity contribution in [3.8, 4) is 11.3 Å². The first-order chi connectivity index (χ1) is 18.2. The van der Waals surface area contributed by atoms with Crippen LogP contribution in [0.25, 0.3) is 22.3 Å². The number of allylic oxidation sites excluding steroid dienone is 1. The zero-order valence-electron chi connectivity index (χ0n) is 22.2. The van der Waals surface area contributed by atoms with E-state index in [-0.39, 0.29) is 23.2 Å². The summed E-state index contributed by atoms with van der Waals surface area (Å²) in [5, 5.41) is 3.03. The Morgan fingerprint density at radius 3 is 2.45 bits per heavy atom. The number of fused-ring (bicyclic) bond motifs is 1. The number of hydrogen-bond donors (Lipinski definition) is 1. The van der Waals surface area contributed by atoms with Crippen LogP contribution < -0.4 is 5.32 Å². The molecule has 1 aliphatic rings. The summed E-state index contributed by atoms with van der Waals surface area (Å²) in [5.41, 5.74) is 3.38. The fraction of sp³-hybridized carbons (Fsp3) is 0.357. The number of aromatic nitrogens is 5. The van der Waals surface area contributed by atoms with Gasteiger partial charge in [-0.05, 0) is 51.5 Å². The lowest BCUT2D eigenvalue weighted by Crippen LogP contribution is -2.44. The maximum atomic E-state index is 15.0. The molecule has 0 unspecified atom stereocenters. The zero-order chi connectivity index (χ0) is 27.0. The molecular weight excluding hydrogens is 486 g/mol. The van der Waals surface area contributed by atoms with Gasteiger partial charge in [-0.1, -0.05) is 12.6 Å². The third kappa shape index (κ3) is 5.22. The van der Waals surface area contributed by atoms with Crippen LogP contribution in [0.4, 0.5) is 20.5 Å². The number of pyridine rings is 1. The second kappa shape index (κ2) is 10.4. The summed E-state index contributed by atoms with van der Waals surface area (Å²) >= 11 is 0. The molecule has 0 spiro atoms. The van der Waals surface area contributed by atoms with Crippen LogP contribution in [-0.2, 0) is 6.54 Å². The molecule has 0 bridgehead atoms. The molecule has 38 heavy (non-hydrogen) atoms. The van der Waals surface area contributed by atoms with Gasteiger partial charge >= 0.3 is 0 Å². The first kappa shape index (κ1) is 25.7. The van der Waals surface area contributed by atoms with Crippen molar-refractivity contribution in [2.75, 3.05) is 31.5 Å². The number of imidazole rings is 1. The summed E-state index contributed by atoms with van der Waals surface area (Å²) in [6.45, 7) is 16.6. The lowest BCUT2D eigenvalue weighted by Gasteiger charge is -2.36. The number of nitrogens with one attached hydrogen (secondary N) is 1. The molecule has 0 aliphatic carbocycles. The highest BCUT2D eigenvalue weighted by Crippen LogP contribution is 2.30. The minimum absolute atomic E-state index is 0.00276. The highest BCUT2D eigenvalue weighted by Gasteiger charge is 2.19. The number of rotatable bonds is 7. The molecule has 1 N–H and O–H groups in total. The SMILES string of the molecule is C=C(C)N1CCN(Cc2ccc(Nc3ncc(F)c(-c4cc(F)c5nc(C)n(C(C)C)c5c4)n3)nc2)CC1. The summed E-state index contributed by atoms with van der Waals surface area (Å²) in [6, 6.07) is 6.90. The van der Waals surface area contributed by atoms with Crippen molar-refractivity contribution < 1.29 is 8.78 Å². The van der Waals surface area contributed by atoms with Crippen molar-refractivity contribution in [2.24, 2.45) is 0 Å². The molecule has 0 radical (unpaired) electrons. The zero-order valence-corrected chi connectivity index (χ0v) is 22.2. The van der Waals surface area contributed by atoms with Crippen molar-refractivity contribution in [2.45, 2.75) is 40.3 Å². The molecule has 3 aromatic heterocycles. The molecule has 0 amide bonds. The van der Waals surface area contributed by atoms with Crippen molar-refractivity contribution in [3.63, 3.8) is 0 Å². The molecule has 1 saturated heterocycles. The van der Waals surface area contributed by atoms with Crippen LogP contribution in [0.2, 0.25) is 0 Å². The molecular formula is C28H32F2N8. The molecule has 0 saturated carbocycles. The number of halogens is 2. The van der Waals surface area contributed by atoms with Gasteiger partial charge in [-0.25, -0.2) is 28.7 Å². The van der Waals surface area contributed by atoms with Gasteiger partial charge in [-0.15, -0.1) is 0 Å². The highest BCUT2D eigenvalue weighted by atomic mass is 19.1. The quantitative estimate of drug-likeness (QED) is 0.349. The Morgan fingerprint density at radius 1 is 1.03 bits per heavy atom. The predicted octanol–water partition coefficient (Wildman–Crippen LogP) is 5.45. The minimum Gasteiger partial charge on any atom is -0.373 e. The molecule has 198 valence electrons. The van der Waals surface area contributed by atoms with E-state index in [9.17, 15) is 8.78 Å². The minimum atomic E-state index is -0.642. The first-order valence-corrected chi connectivity index (χ1v) is 12.8. The lowest BCUT2D eigenvalue weighted by atomic mass is 10.1. The lowest BCUT2D eigenvalue weighted by molar-refractivity contribution is 0.153. The maximum Gasteiger partial charge on any atom is 0.229 e. The van der Waals surface area contributed by atoms with E-state index in [1.54, 1.807) is 6.07 Å². The van der Waals surface area contributed by atoms with Crippen LogP contribution in [0.3, 0.4) is 0 Å². The summed E-state index contributed by atoms with van der Waals surface area (Å²) in [6.07, 6.45) is 2.90. The maximum absolute atomic E-state index is 15.0. The average molecular weight is 519 g/mol. The number of benzene rings is 1. The highest BCUT2D eigenvalue weighted by molar-refractivity contribution is 5.83. The number of piperazine rings is 1. The molecule has 4 aromatic rings. The molecule has 4 heterocycles. The van der Waals surface area contributed by atoms with Crippen molar-refractivity contribution in [1.82, 2.24) is 34.3 Å². The molecule has 5 rings (SSSR count). The number of hydrogen-bond acceptors (Lipinski definition) is 7. The monoisotopic (exact) mass is 518 g/mol. The van der Waals surface area contributed by atoms with Gasteiger partial charge in [0.15, 0.2) is 11.6 Å². The molecule has 1 fully saturated rings. The standard InChI is InChI=1S/C28H32F2N8/c1-17(2)37-10-8-36(9-11-37)16-20-6-7-25(31-14-20)34-28-32-15-23(30)26(35-28)21-12-22(29)27-24(13-21)38(18(3)4)19(5)33-27/h6-7,12-15,18H,1,8-11,16H2,2-5H3,(H,31,32,34,35). The van der Waals surface area contributed by atoms with E-state index in [0.29, 0.717) is 22.7 Å². The Hall–Kier alpha value is -3.92. The van der Waals surface area contributed by atoms with Gasteiger partial charge in [0.2, 0.25) is 5.95 Å². The second-order valence-corrected chi connectivity index (χ2v) is 10.0. The van der Waals surface area contributed by atoms with Gasteiger partial charge < -0.3 is 14.8 Å².